The van der Waals surface area contributed by atoms with Crippen molar-refractivity contribution in [1.82, 2.24) is 14.1 Å². The van der Waals surface area contributed by atoms with Crippen LogP contribution in [0.5, 0.6) is 0 Å². The van der Waals surface area contributed by atoms with Gasteiger partial charge in [0, 0.05) is 39.3 Å². The maximum Gasteiger partial charge on any atom is 0.263 e. The van der Waals surface area contributed by atoms with E-state index < -0.39 is 10.0 Å². The summed E-state index contributed by atoms with van der Waals surface area (Å²) < 4.78 is 27.7. The lowest BCUT2D eigenvalue weighted by molar-refractivity contribution is -0.138. The minimum absolute atomic E-state index is 0.0121. The van der Waals surface area contributed by atoms with Crippen molar-refractivity contribution >= 4 is 33.2 Å². The third-order valence-corrected chi connectivity index (χ3v) is 9.21. The predicted octanol–water partition coefficient (Wildman–Crippen LogP) is 2.75. The smallest absolute Gasteiger partial charge is 0.263 e. The third-order valence-electron chi connectivity index (χ3n) is 6.29. The zero-order valence-electron chi connectivity index (χ0n) is 18.5. The Morgan fingerprint density at radius 2 is 1.75 bits per heavy atom. The largest absolute Gasteiger partial charge is 0.340 e. The van der Waals surface area contributed by atoms with E-state index in [9.17, 15) is 18.0 Å². The molecule has 0 aliphatic carbocycles. The summed E-state index contributed by atoms with van der Waals surface area (Å²) in [5, 5.41) is 1.88. The quantitative estimate of drug-likeness (QED) is 0.681. The van der Waals surface area contributed by atoms with Crippen LogP contribution in [0.25, 0.3) is 0 Å². The number of amides is 2. The van der Waals surface area contributed by atoms with Gasteiger partial charge in [-0.1, -0.05) is 23.8 Å². The normalized spacial score (nSPS) is 20.4. The zero-order valence-corrected chi connectivity index (χ0v) is 20.1. The van der Waals surface area contributed by atoms with Gasteiger partial charge in [-0.15, -0.1) is 11.3 Å². The number of piperazine rings is 1. The molecule has 0 spiro atoms. The van der Waals surface area contributed by atoms with Gasteiger partial charge in [-0.05, 0) is 49.8 Å². The molecule has 172 valence electrons. The van der Waals surface area contributed by atoms with Crippen LogP contribution >= 0.6 is 11.3 Å². The number of sulfonamides is 1. The average molecular weight is 476 g/mol. The first-order valence-electron chi connectivity index (χ1n) is 11.0. The van der Waals surface area contributed by atoms with Crippen molar-refractivity contribution in [3.05, 3.63) is 51.7 Å². The Hall–Kier alpha value is -2.23. The van der Waals surface area contributed by atoms with E-state index in [1.165, 1.54) is 15.6 Å². The Morgan fingerprint density at radius 1 is 1.00 bits per heavy atom. The van der Waals surface area contributed by atoms with Gasteiger partial charge in [0.25, 0.3) is 5.91 Å². The summed E-state index contributed by atoms with van der Waals surface area (Å²) in [5.41, 5.74) is 1.76. The van der Waals surface area contributed by atoms with E-state index in [1.54, 1.807) is 15.9 Å². The number of rotatable bonds is 4. The fourth-order valence-electron chi connectivity index (χ4n) is 4.55. The summed E-state index contributed by atoms with van der Waals surface area (Å²) in [7, 11) is -3.58. The molecule has 1 atom stereocenters. The minimum atomic E-state index is -3.58. The minimum Gasteiger partial charge on any atom is -0.340 e. The van der Waals surface area contributed by atoms with E-state index in [1.807, 2.05) is 43.5 Å². The van der Waals surface area contributed by atoms with Gasteiger partial charge in [-0.3, -0.25) is 9.59 Å². The summed E-state index contributed by atoms with van der Waals surface area (Å²) in [5.74, 6) is -0.214. The molecule has 1 aromatic heterocycles. The summed E-state index contributed by atoms with van der Waals surface area (Å²) in [6, 6.07) is 9.02. The maximum absolute atomic E-state index is 13.1. The van der Waals surface area contributed by atoms with Gasteiger partial charge in [0.2, 0.25) is 15.9 Å². The number of carbonyl (C=O) groups is 2. The molecule has 1 aromatic carbocycles. The molecule has 0 unspecified atom stereocenters. The van der Waals surface area contributed by atoms with Crippen LogP contribution in [0.3, 0.4) is 0 Å². The highest BCUT2D eigenvalue weighted by atomic mass is 32.2. The predicted molar refractivity (Wildman–Crippen MR) is 124 cm³/mol. The van der Waals surface area contributed by atoms with E-state index in [2.05, 4.69) is 0 Å². The van der Waals surface area contributed by atoms with Crippen molar-refractivity contribution in [3.63, 3.8) is 0 Å². The van der Waals surface area contributed by atoms with Crippen LogP contribution in [0, 0.1) is 19.8 Å². The molecule has 2 amide bonds. The number of thiophene rings is 1. The Bertz CT molecular complexity index is 1090. The van der Waals surface area contributed by atoms with E-state index >= 15 is 0 Å². The van der Waals surface area contributed by atoms with Crippen LogP contribution in [0.1, 0.15) is 33.6 Å². The number of carbonyl (C=O) groups excluding carboxylic acids is 2. The molecule has 7 nitrogen and oxygen atoms in total. The van der Waals surface area contributed by atoms with Gasteiger partial charge in [0.1, 0.15) is 0 Å². The lowest BCUT2D eigenvalue weighted by Crippen LogP contribution is -2.54. The summed E-state index contributed by atoms with van der Waals surface area (Å²) >= 11 is 1.42. The molecular weight excluding hydrogens is 446 g/mol. The first kappa shape index (κ1) is 22.9. The van der Waals surface area contributed by atoms with Gasteiger partial charge in [0.15, 0.2) is 0 Å². The molecule has 32 heavy (non-hydrogen) atoms. The molecule has 3 heterocycles. The standard InChI is InChI=1S/C23H29N3O4S2/c1-17-7-8-21(18(2)15-17)32(29,30)26-12-10-24(11-13-26)22(27)19-5-3-9-25(16-19)23(28)20-6-4-14-31-20/h4,6-8,14-15,19H,3,5,9-13,16H2,1-2H3/t19-/m0/s1. The Morgan fingerprint density at radius 3 is 2.41 bits per heavy atom. The number of hydrogen-bond donors (Lipinski definition) is 0. The molecule has 2 fully saturated rings. The maximum atomic E-state index is 13.1. The highest BCUT2D eigenvalue weighted by Crippen LogP contribution is 2.25. The molecule has 9 heteroatoms. The Labute approximate surface area is 193 Å². The Kier molecular flexibility index (Phi) is 6.69. The van der Waals surface area contributed by atoms with Crippen molar-refractivity contribution in [2.75, 3.05) is 39.3 Å². The number of likely N-dealkylation sites (tertiary alicyclic amines) is 1. The van der Waals surface area contributed by atoms with Gasteiger partial charge < -0.3 is 9.80 Å². The van der Waals surface area contributed by atoms with Crippen molar-refractivity contribution < 1.29 is 18.0 Å². The van der Waals surface area contributed by atoms with Crippen LogP contribution in [0.4, 0.5) is 0 Å². The monoisotopic (exact) mass is 475 g/mol. The number of benzene rings is 1. The highest BCUT2D eigenvalue weighted by molar-refractivity contribution is 7.89. The zero-order chi connectivity index (χ0) is 22.9. The van der Waals surface area contributed by atoms with Gasteiger partial charge in [-0.25, -0.2) is 8.42 Å². The van der Waals surface area contributed by atoms with Crippen LogP contribution in [0.2, 0.25) is 0 Å². The molecule has 4 rings (SSSR count). The topological polar surface area (TPSA) is 78.0 Å². The van der Waals surface area contributed by atoms with Crippen LogP contribution < -0.4 is 0 Å². The number of piperidine rings is 1. The molecule has 2 saturated heterocycles. The van der Waals surface area contributed by atoms with Crippen molar-refractivity contribution in [1.29, 1.82) is 0 Å². The van der Waals surface area contributed by atoms with Crippen LogP contribution in [0.15, 0.2) is 40.6 Å². The number of hydrogen-bond acceptors (Lipinski definition) is 5. The Balaban J connectivity index is 1.37. The first-order chi connectivity index (χ1) is 15.3. The van der Waals surface area contributed by atoms with E-state index in [0.717, 1.165) is 24.0 Å². The molecule has 0 bridgehead atoms. The second kappa shape index (κ2) is 9.33. The van der Waals surface area contributed by atoms with Crippen LogP contribution in [-0.2, 0) is 14.8 Å². The molecular formula is C23H29N3O4S2. The lowest BCUT2D eigenvalue weighted by Gasteiger charge is -2.38. The second-order valence-electron chi connectivity index (χ2n) is 8.57. The molecule has 2 aliphatic heterocycles. The molecule has 0 saturated carbocycles. The molecule has 0 N–H and O–H groups in total. The fraction of sp³-hybridized carbons (Fsp3) is 0.478. The summed E-state index contributed by atoms with van der Waals surface area (Å²) in [6.07, 6.45) is 1.56. The SMILES string of the molecule is Cc1ccc(S(=O)(=O)N2CCN(C(=O)[C@H]3CCCN(C(=O)c4cccs4)C3)CC2)c(C)c1. The third kappa shape index (κ3) is 4.60. The highest BCUT2D eigenvalue weighted by Gasteiger charge is 2.35. The van der Waals surface area contributed by atoms with Crippen LogP contribution in [-0.4, -0.2) is 73.6 Å². The molecule has 0 radical (unpaired) electrons. The van der Waals surface area contributed by atoms with E-state index in [-0.39, 0.29) is 30.8 Å². The molecule has 2 aliphatic rings. The fourth-order valence-corrected chi connectivity index (χ4v) is 6.87. The van der Waals surface area contributed by atoms with Crippen molar-refractivity contribution in [2.24, 2.45) is 5.92 Å². The van der Waals surface area contributed by atoms with E-state index in [4.69, 9.17) is 0 Å². The summed E-state index contributed by atoms with van der Waals surface area (Å²) in [4.78, 5) is 30.4. The van der Waals surface area contributed by atoms with Crippen molar-refractivity contribution in [3.8, 4) is 0 Å². The van der Waals surface area contributed by atoms with Gasteiger partial charge in [-0.2, -0.15) is 4.31 Å². The van der Waals surface area contributed by atoms with Gasteiger partial charge >= 0.3 is 0 Å². The lowest BCUT2D eigenvalue weighted by atomic mass is 9.96. The number of aryl methyl sites for hydroxylation is 2. The number of nitrogens with zero attached hydrogens (tertiary/aromatic N) is 3. The van der Waals surface area contributed by atoms with E-state index in [0.29, 0.717) is 36.0 Å². The average Bonchev–Trinajstić information content (AvgIpc) is 3.33. The molecule has 2 aromatic rings. The summed E-state index contributed by atoms with van der Waals surface area (Å²) in [6.45, 7) is 6.16. The van der Waals surface area contributed by atoms with Crippen molar-refractivity contribution in [2.45, 2.75) is 31.6 Å². The second-order valence-corrected chi connectivity index (χ2v) is 11.4. The first-order valence-corrected chi connectivity index (χ1v) is 13.3. The van der Waals surface area contributed by atoms with Gasteiger partial charge in [0.05, 0.1) is 15.7 Å².